The largest absolute Gasteiger partial charge is 0.466 e. The van der Waals surface area contributed by atoms with Crippen molar-refractivity contribution in [3.8, 4) is 0 Å². The molecule has 0 aromatic heterocycles. The highest BCUT2D eigenvalue weighted by atomic mass is 35.5. The number of nitrogens with one attached hydrogen (secondary N) is 1. The van der Waals surface area contributed by atoms with Crippen molar-refractivity contribution in [2.45, 2.75) is 13.3 Å². The van der Waals surface area contributed by atoms with Crippen molar-refractivity contribution in [1.82, 2.24) is 5.32 Å². The number of hydrogen-bond acceptors (Lipinski definition) is 3. The van der Waals surface area contributed by atoms with Crippen LogP contribution in [-0.2, 0) is 9.53 Å². The average Bonchev–Trinajstić information content (AvgIpc) is 2.09. The van der Waals surface area contributed by atoms with Crippen LogP contribution in [0.5, 0.6) is 0 Å². The van der Waals surface area contributed by atoms with Crippen LogP contribution in [0.3, 0.4) is 0 Å². The molecule has 1 aliphatic rings. The summed E-state index contributed by atoms with van der Waals surface area (Å²) in [7, 11) is 1.41. The number of halogens is 1. The number of hydrogen-bond donors (Lipinski definition) is 1. The summed E-state index contributed by atoms with van der Waals surface area (Å²) in [6.45, 7) is 4.04. The minimum atomic E-state index is -0.237. The minimum absolute atomic E-state index is 0. The van der Waals surface area contributed by atoms with E-state index < -0.39 is 0 Å². The highest BCUT2D eigenvalue weighted by molar-refractivity contribution is 5.85. The Morgan fingerprint density at radius 2 is 2.38 bits per heavy atom. The van der Waals surface area contributed by atoms with Gasteiger partial charge in [-0.05, 0) is 18.9 Å². The Bertz CT molecular complexity index is 204. The Morgan fingerprint density at radius 1 is 1.69 bits per heavy atom. The van der Waals surface area contributed by atoms with Crippen LogP contribution in [0.1, 0.15) is 13.3 Å². The molecule has 1 heterocycles. The quantitative estimate of drug-likeness (QED) is 0.516. The SMILES string of the molecule is COC(=O)C=C1CCNCC1C.Cl. The third kappa shape index (κ3) is 3.79. The first kappa shape index (κ1) is 12.5. The van der Waals surface area contributed by atoms with Crippen LogP contribution in [-0.4, -0.2) is 26.2 Å². The van der Waals surface area contributed by atoms with Gasteiger partial charge in [-0.2, -0.15) is 0 Å². The molecule has 1 unspecified atom stereocenters. The highest BCUT2D eigenvalue weighted by Crippen LogP contribution is 2.16. The molecule has 0 bridgehead atoms. The zero-order valence-corrected chi connectivity index (χ0v) is 8.82. The molecule has 0 saturated carbocycles. The summed E-state index contributed by atoms with van der Waals surface area (Å²) in [6, 6.07) is 0. The van der Waals surface area contributed by atoms with E-state index in [-0.39, 0.29) is 18.4 Å². The Morgan fingerprint density at radius 3 is 2.92 bits per heavy atom. The Hall–Kier alpha value is -0.540. The van der Waals surface area contributed by atoms with E-state index in [1.54, 1.807) is 6.08 Å². The van der Waals surface area contributed by atoms with E-state index in [0.29, 0.717) is 5.92 Å². The van der Waals surface area contributed by atoms with Gasteiger partial charge in [0.1, 0.15) is 0 Å². The van der Waals surface area contributed by atoms with Crippen LogP contribution in [0, 0.1) is 5.92 Å². The normalized spacial score (nSPS) is 25.1. The first-order chi connectivity index (χ1) is 5.74. The van der Waals surface area contributed by atoms with Crippen LogP contribution < -0.4 is 5.32 Å². The van der Waals surface area contributed by atoms with Crippen LogP contribution >= 0.6 is 12.4 Å². The van der Waals surface area contributed by atoms with E-state index in [9.17, 15) is 4.79 Å². The maximum absolute atomic E-state index is 10.9. The number of ether oxygens (including phenoxy) is 1. The van der Waals surface area contributed by atoms with Crippen molar-refractivity contribution in [2.75, 3.05) is 20.2 Å². The van der Waals surface area contributed by atoms with Gasteiger partial charge in [-0.15, -0.1) is 12.4 Å². The molecule has 0 amide bonds. The van der Waals surface area contributed by atoms with Crippen molar-refractivity contribution in [3.05, 3.63) is 11.6 Å². The number of piperidine rings is 1. The van der Waals surface area contributed by atoms with Gasteiger partial charge in [0.2, 0.25) is 0 Å². The second kappa shape index (κ2) is 6.00. The fourth-order valence-corrected chi connectivity index (χ4v) is 1.35. The van der Waals surface area contributed by atoms with Crippen LogP contribution in [0.15, 0.2) is 11.6 Å². The molecule has 1 atom stereocenters. The molecule has 76 valence electrons. The molecule has 4 heteroatoms. The molecule has 1 aliphatic heterocycles. The van der Waals surface area contributed by atoms with Gasteiger partial charge in [0.25, 0.3) is 0 Å². The van der Waals surface area contributed by atoms with Gasteiger partial charge in [0, 0.05) is 12.6 Å². The lowest BCUT2D eigenvalue weighted by atomic mass is 9.94. The lowest BCUT2D eigenvalue weighted by Gasteiger charge is -2.22. The highest BCUT2D eigenvalue weighted by Gasteiger charge is 2.14. The predicted molar refractivity (Wildman–Crippen MR) is 54.0 cm³/mol. The van der Waals surface area contributed by atoms with Gasteiger partial charge >= 0.3 is 5.97 Å². The molecule has 0 aromatic carbocycles. The lowest BCUT2D eigenvalue weighted by Crippen LogP contribution is -2.30. The Kier molecular flexibility index (Phi) is 5.75. The van der Waals surface area contributed by atoms with Gasteiger partial charge in [-0.3, -0.25) is 0 Å². The maximum Gasteiger partial charge on any atom is 0.330 e. The molecule has 13 heavy (non-hydrogen) atoms. The van der Waals surface area contributed by atoms with E-state index in [4.69, 9.17) is 0 Å². The molecular formula is C9H16ClNO2. The molecule has 0 radical (unpaired) electrons. The summed E-state index contributed by atoms with van der Waals surface area (Å²) >= 11 is 0. The zero-order chi connectivity index (χ0) is 8.97. The summed E-state index contributed by atoms with van der Waals surface area (Å²) in [5.41, 5.74) is 1.20. The molecule has 1 saturated heterocycles. The fourth-order valence-electron chi connectivity index (χ4n) is 1.35. The maximum atomic E-state index is 10.9. The van der Waals surface area contributed by atoms with Crippen molar-refractivity contribution in [1.29, 1.82) is 0 Å². The van der Waals surface area contributed by atoms with E-state index in [1.165, 1.54) is 12.7 Å². The van der Waals surface area contributed by atoms with E-state index in [2.05, 4.69) is 17.0 Å². The third-order valence-corrected chi connectivity index (χ3v) is 2.18. The summed E-state index contributed by atoms with van der Waals surface area (Å²) in [5.74, 6) is 0.219. The molecule has 1 N–H and O–H groups in total. The van der Waals surface area contributed by atoms with Crippen molar-refractivity contribution in [3.63, 3.8) is 0 Å². The molecule has 0 aromatic rings. The number of rotatable bonds is 1. The summed E-state index contributed by atoms with van der Waals surface area (Å²) in [5, 5.41) is 3.26. The fraction of sp³-hybridized carbons (Fsp3) is 0.667. The van der Waals surface area contributed by atoms with Gasteiger partial charge in [0.15, 0.2) is 0 Å². The number of carbonyl (C=O) groups is 1. The van der Waals surface area contributed by atoms with Gasteiger partial charge < -0.3 is 10.1 Å². The number of methoxy groups -OCH3 is 1. The predicted octanol–water partition coefficient (Wildman–Crippen LogP) is 1.14. The van der Waals surface area contributed by atoms with Gasteiger partial charge in [-0.25, -0.2) is 4.79 Å². The minimum Gasteiger partial charge on any atom is -0.466 e. The first-order valence-electron chi connectivity index (χ1n) is 4.23. The monoisotopic (exact) mass is 205 g/mol. The van der Waals surface area contributed by atoms with Crippen molar-refractivity contribution < 1.29 is 9.53 Å². The summed E-state index contributed by atoms with van der Waals surface area (Å²) in [4.78, 5) is 10.9. The van der Waals surface area contributed by atoms with Crippen molar-refractivity contribution >= 4 is 18.4 Å². The molecule has 0 spiro atoms. The van der Waals surface area contributed by atoms with Crippen LogP contribution in [0.2, 0.25) is 0 Å². The van der Waals surface area contributed by atoms with Gasteiger partial charge in [-0.1, -0.05) is 12.5 Å². The second-order valence-corrected chi connectivity index (χ2v) is 3.10. The Labute approximate surface area is 84.9 Å². The topological polar surface area (TPSA) is 38.3 Å². The van der Waals surface area contributed by atoms with Gasteiger partial charge in [0.05, 0.1) is 7.11 Å². The molecule has 1 fully saturated rings. The summed E-state index contributed by atoms with van der Waals surface area (Å²) in [6.07, 6.45) is 2.57. The second-order valence-electron chi connectivity index (χ2n) is 3.10. The van der Waals surface area contributed by atoms with E-state index in [1.807, 2.05) is 0 Å². The molecular weight excluding hydrogens is 190 g/mol. The zero-order valence-electron chi connectivity index (χ0n) is 8.00. The standard InChI is InChI=1S/C9H15NO2.ClH/c1-7-6-10-4-3-8(7)5-9(11)12-2;/h5,7,10H,3-4,6H2,1-2H3;1H. The lowest BCUT2D eigenvalue weighted by molar-refractivity contribution is -0.134. The third-order valence-electron chi connectivity index (χ3n) is 2.18. The van der Waals surface area contributed by atoms with Crippen molar-refractivity contribution in [2.24, 2.45) is 5.92 Å². The van der Waals surface area contributed by atoms with E-state index >= 15 is 0 Å². The number of carbonyl (C=O) groups excluding carboxylic acids is 1. The Balaban J connectivity index is 0.00000144. The summed E-state index contributed by atoms with van der Waals surface area (Å²) < 4.78 is 4.57. The average molecular weight is 206 g/mol. The molecule has 0 aliphatic carbocycles. The first-order valence-corrected chi connectivity index (χ1v) is 4.23. The van der Waals surface area contributed by atoms with Crippen LogP contribution in [0.4, 0.5) is 0 Å². The molecule has 1 rings (SSSR count). The smallest absolute Gasteiger partial charge is 0.330 e. The molecule has 3 nitrogen and oxygen atoms in total. The van der Waals surface area contributed by atoms with Crippen LogP contribution in [0.25, 0.3) is 0 Å². The van der Waals surface area contributed by atoms with E-state index in [0.717, 1.165) is 19.5 Å². The number of esters is 1.